The zero-order chi connectivity index (χ0) is 13.2. The molecule has 1 saturated heterocycles. The lowest BCUT2D eigenvalue weighted by molar-refractivity contribution is 0.226. The fourth-order valence-electron chi connectivity index (χ4n) is 2.65. The predicted octanol–water partition coefficient (Wildman–Crippen LogP) is 2.99. The summed E-state index contributed by atoms with van der Waals surface area (Å²) < 4.78 is 0. The van der Waals surface area contributed by atoms with Crippen LogP contribution in [0.2, 0.25) is 0 Å². The summed E-state index contributed by atoms with van der Waals surface area (Å²) in [6.45, 7) is 10.6. The van der Waals surface area contributed by atoms with Crippen molar-refractivity contribution in [2.75, 3.05) is 25.5 Å². The van der Waals surface area contributed by atoms with Gasteiger partial charge in [0.05, 0.1) is 0 Å². The molecule has 0 bridgehead atoms. The third-order valence-corrected chi connectivity index (χ3v) is 3.98. The first kappa shape index (κ1) is 13.3. The zero-order valence-corrected chi connectivity index (χ0v) is 12.0. The molecule has 0 aliphatic carbocycles. The molecule has 1 atom stereocenters. The van der Waals surface area contributed by atoms with Crippen LogP contribution in [0.5, 0.6) is 0 Å². The molecule has 1 unspecified atom stereocenters. The minimum Gasteiger partial charge on any atom is -0.373 e. The molecule has 1 fully saturated rings. The fraction of sp³-hybridized carbons (Fsp3) is 0.667. The van der Waals surface area contributed by atoms with E-state index in [4.69, 9.17) is 0 Å². The molecular weight excluding hydrogens is 222 g/mol. The van der Waals surface area contributed by atoms with Gasteiger partial charge in [-0.3, -0.25) is 4.90 Å². The molecule has 0 radical (unpaired) electrons. The lowest BCUT2D eigenvalue weighted by atomic mass is 9.80. The van der Waals surface area contributed by atoms with E-state index in [1.165, 1.54) is 25.1 Å². The van der Waals surface area contributed by atoms with E-state index >= 15 is 0 Å². The molecule has 1 aromatic rings. The van der Waals surface area contributed by atoms with Crippen molar-refractivity contribution in [2.24, 2.45) is 11.3 Å². The highest BCUT2D eigenvalue weighted by Crippen LogP contribution is 2.34. The molecule has 1 aliphatic rings. The molecule has 1 N–H and O–H groups in total. The first-order valence-corrected chi connectivity index (χ1v) is 6.84. The molecule has 3 nitrogen and oxygen atoms in total. The van der Waals surface area contributed by atoms with Gasteiger partial charge >= 0.3 is 0 Å². The van der Waals surface area contributed by atoms with Crippen molar-refractivity contribution in [1.29, 1.82) is 0 Å². The van der Waals surface area contributed by atoms with Gasteiger partial charge in [-0.2, -0.15) is 0 Å². The quantitative estimate of drug-likeness (QED) is 0.890. The van der Waals surface area contributed by atoms with Crippen LogP contribution in [0.3, 0.4) is 0 Å². The Labute approximate surface area is 111 Å². The number of nitrogens with zero attached hydrogens (tertiary/aromatic N) is 2. The highest BCUT2D eigenvalue weighted by molar-refractivity contribution is 5.36. The molecule has 0 saturated carbocycles. The minimum atomic E-state index is 0.434. The summed E-state index contributed by atoms with van der Waals surface area (Å²) in [6.07, 6.45) is 3.21. The average molecular weight is 247 g/mol. The number of pyridine rings is 1. The van der Waals surface area contributed by atoms with Crippen molar-refractivity contribution in [3.05, 3.63) is 23.9 Å². The maximum absolute atomic E-state index is 4.26. The second-order valence-electron chi connectivity index (χ2n) is 6.39. The van der Waals surface area contributed by atoms with Gasteiger partial charge in [-0.25, -0.2) is 4.98 Å². The monoisotopic (exact) mass is 247 g/mol. The number of hydrogen-bond acceptors (Lipinski definition) is 3. The normalized spacial score (nSPS) is 21.2. The molecule has 1 aliphatic heterocycles. The second-order valence-corrected chi connectivity index (χ2v) is 6.39. The van der Waals surface area contributed by atoms with Crippen LogP contribution < -0.4 is 5.32 Å². The lowest BCUT2D eigenvalue weighted by Crippen LogP contribution is -2.25. The van der Waals surface area contributed by atoms with Gasteiger partial charge in [-0.05, 0) is 42.0 Å². The third kappa shape index (κ3) is 3.22. The fourth-order valence-corrected chi connectivity index (χ4v) is 2.65. The molecule has 0 amide bonds. The number of anilines is 1. The molecule has 100 valence electrons. The Bertz CT molecular complexity index is 395. The van der Waals surface area contributed by atoms with Gasteiger partial charge in [-0.1, -0.05) is 20.8 Å². The SMILES string of the molecule is CNc1cc(CN2CCC(C(C)(C)C)C2)ccn1. The summed E-state index contributed by atoms with van der Waals surface area (Å²) in [6, 6.07) is 4.26. The van der Waals surface area contributed by atoms with Gasteiger partial charge in [0, 0.05) is 26.3 Å². The zero-order valence-electron chi connectivity index (χ0n) is 12.0. The van der Waals surface area contributed by atoms with E-state index in [-0.39, 0.29) is 0 Å². The Kier molecular flexibility index (Phi) is 3.91. The van der Waals surface area contributed by atoms with E-state index in [1.807, 2.05) is 13.2 Å². The van der Waals surface area contributed by atoms with Crippen LogP contribution >= 0.6 is 0 Å². The Hall–Kier alpha value is -1.09. The molecule has 0 spiro atoms. The maximum atomic E-state index is 4.26. The summed E-state index contributed by atoms with van der Waals surface area (Å²) in [4.78, 5) is 6.82. The standard InChI is InChI=1S/C15H25N3/c1-15(2,3)13-6-8-18(11-13)10-12-5-7-17-14(9-12)16-4/h5,7,9,13H,6,8,10-11H2,1-4H3,(H,16,17). The van der Waals surface area contributed by atoms with E-state index in [0.717, 1.165) is 18.3 Å². The molecular formula is C15H25N3. The van der Waals surface area contributed by atoms with Crippen molar-refractivity contribution >= 4 is 5.82 Å². The van der Waals surface area contributed by atoms with Crippen LogP contribution in [0.15, 0.2) is 18.3 Å². The van der Waals surface area contributed by atoms with E-state index in [1.54, 1.807) is 0 Å². The highest BCUT2D eigenvalue weighted by Gasteiger charge is 2.31. The third-order valence-electron chi connectivity index (χ3n) is 3.98. The van der Waals surface area contributed by atoms with Crippen LogP contribution in [-0.4, -0.2) is 30.0 Å². The summed E-state index contributed by atoms with van der Waals surface area (Å²) in [5, 5.41) is 3.10. The van der Waals surface area contributed by atoms with E-state index in [0.29, 0.717) is 5.41 Å². The largest absolute Gasteiger partial charge is 0.373 e. The van der Waals surface area contributed by atoms with Gasteiger partial charge < -0.3 is 5.32 Å². The highest BCUT2D eigenvalue weighted by atomic mass is 15.1. The summed E-state index contributed by atoms with van der Waals surface area (Å²) in [5.74, 6) is 1.78. The van der Waals surface area contributed by atoms with Crippen molar-refractivity contribution < 1.29 is 0 Å². The summed E-state index contributed by atoms with van der Waals surface area (Å²) >= 11 is 0. The molecule has 0 aromatic carbocycles. The van der Waals surface area contributed by atoms with Gasteiger partial charge in [0.1, 0.15) is 5.82 Å². The molecule has 3 heteroatoms. The molecule has 2 heterocycles. The first-order valence-electron chi connectivity index (χ1n) is 6.84. The smallest absolute Gasteiger partial charge is 0.125 e. The molecule has 2 rings (SSSR count). The second kappa shape index (κ2) is 5.27. The predicted molar refractivity (Wildman–Crippen MR) is 76.6 cm³/mol. The molecule has 1 aromatic heterocycles. The summed E-state index contributed by atoms with van der Waals surface area (Å²) in [7, 11) is 1.91. The lowest BCUT2D eigenvalue weighted by Gasteiger charge is -2.27. The number of aromatic nitrogens is 1. The van der Waals surface area contributed by atoms with Crippen molar-refractivity contribution in [2.45, 2.75) is 33.7 Å². The minimum absolute atomic E-state index is 0.434. The first-order chi connectivity index (χ1) is 8.49. The summed E-state index contributed by atoms with van der Waals surface area (Å²) in [5.41, 5.74) is 1.78. The van der Waals surface area contributed by atoms with Crippen LogP contribution in [0.4, 0.5) is 5.82 Å². The average Bonchev–Trinajstić information content (AvgIpc) is 2.77. The van der Waals surface area contributed by atoms with Gasteiger partial charge in [0.15, 0.2) is 0 Å². The van der Waals surface area contributed by atoms with Gasteiger partial charge in [0.2, 0.25) is 0 Å². The van der Waals surface area contributed by atoms with E-state index in [2.05, 4.69) is 48.1 Å². The van der Waals surface area contributed by atoms with Crippen LogP contribution in [0.25, 0.3) is 0 Å². The van der Waals surface area contributed by atoms with Gasteiger partial charge in [0.25, 0.3) is 0 Å². The topological polar surface area (TPSA) is 28.2 Å². The van der Waals surface area contributed by atoms with Crippen LogP contribution in [0.1, 0.15) is 32.8 Å². The Morgan fingerprint density at radius 2 is 2.22 bits per heavy atom. The van der Waals surface area contributed by atoms with E-state index in [9.17, 15) is 0 Å². The van der Waals surface area contributed by atoms with Crippen molar-refractivity contribution in [3.8, 4) is 0 Å². The Morgan fingerprint density at radius 1 is 1.44 bits per heavy atom. The van der Waals surface area contributed by atoms with Gasteiger partial charge in [-0.15, -0.1) is 0 Å². The molecule has 18 heavy (non-hydrogen) atoms. The number of likely N-dealkylation sites (tertiary alicyclic amines) is 1. The Balaban J connectivity index is 1.95. The number of hydrogen-bond donors (Lipinski definition) is 1. The Morgan fingerprint density at radius 3 is 2.83 bits per heavy atom. The van der Waals surface area contributed by atoms with Crippen LogP contribution in [0, 0.1) is 11.3 Å². The number of rotatable bonds is 3. The van der Waals surface area contributed by atoms with Crippen molar-refractivity contribution in [3.63, 3.8) is 0 Å². The van der Waals surface area contributed by atoms with Crippen molar-refractivity contribution in [1.82, 2.24) is 9.88 Å². The maximum Gasteiger partial charge on any atom is 0.125 e. The van der Waals surface area contributed by atoms with Crippen LogP contribution in [-0.2, 0) is 6.54 Å². The van der Waals surface area contributed by atoms with E-state index < -0.39 is 0 Å². The number of nitrogens with one attached hydrogen (secondary N) is 1.